The normalized spacial score (nSPS) is 12.4. The fraction of sp³-hybridized carbons (Fsp3) is 0.381. The summed E-state index contributed by atoms with van der Waals surface area (Å²) < 4.78 is 37.1. The largest absolute Gasteiger partial charge is 0.495 e. The van der Waals surface area contributed by atoms with Gasteiger partial charge < -0.3 is 14.8 Å². The van der Waals surface area contributed by atoms with Crippen molar-refractivity contribution < 1.29 is 22.7 Å². The van der Waals surface area contributed by atoms with Crippen molar-refractivity contribution in [3.8, 4) is 11.5 Å². The van der Waals surface area contributed by atoms with Crippen LogP contribution in [0, 0.1) is 6.92 Å². The van der Waals surface area contributed by atoms with Crippen LogP contribution < -0.4 is 19.1 Å². The third kappa shape index (κ3) is 5.87. The number of benzene rings is 2. The molecule has 0 radical (unpaired) electrons. The molecule has 0 aliphatic rings. The third-order valence-electron chi connectivity index (χ3n) is 4.13. The quantitative estimate of drug-likeness (QED) is 0.706. The molecule has 0 unspecified atom stereocenters. The highest BCUT2D eigenvalue weighted by Gasteiger charge is 2.31. The second kappa shape index (κ2) is 9.17. The number of ether oxygens (including phenoxy) is 2. The highest BCUT2D eigenvalue weighted by Crippen LogP contribution is 2.33. The molecule has 1 N–H and O–H groups in total. The zero-order valence-electron chi connectivity index (χ0n) is 17.6. The predicted molar refractivity (Wildman–Crippen MR) is 115 cm³/mol. The van der Waals surface area contributed by atoms with Gasteiger partial charge in [0.2, 0.25) is 15.9 Å². The average molecular weight is 421 g/mol. The van der Waals surface area contributed by atoms with Crippen LogP contribution in [-0.2, 0) is 14.8 Å². The van der Waals surface area contributed by atoms with Gasteiger partial charge in [0.25, 0.3) is 0 Å². The summed E-state index contributed by atoms with van der Waals surface area (Å²) in [6.07, 6.45) is 1.06. The number of anilines is 2. The Hall–Kier alpha value is -2.74. The van der Waals surface area contributed by atoms with E-state index in [9.17, 15) is 13.2 Å². The van der Waals surface area contributed by atoms with Gasteiger partial charge in [0.1, 0.15) is 17.5 Å². The Morgan fingerprint density at radius 2 is 1.79 bits per heavy atom. The molecule has 0 aliphatic carbocycles. The predicted octanol–water partition coefficient (Wildman–Crippen LogP) is 3.58. The maximum atomic E-state index is 12.9. The molecule has 0 heterocycles. The standard InChI is InChI=1S/C21H28N2O5S/c1-14(2)28-18-9-7-8-17(13-18)22-21(24)16(4)23(29(6,25)26)19-12-15(3)10-11-20(19)27-5/h7-14,16H,1-6H3,(H,22,24)/t16-/m0/s1. The maximum Gasteiger partial charge on any atom is 0.247 e. The summed E-state index contributed by atoms with van der Waals surface area (Å²) in [5, 5.41) is 2.76. The number of aryl methyl sites for hydroxylation is 1. The Kier molecular flexibility index (Phi) is 7.13. The minimum atomic E-state index is -3.76. The van der Waals surface area contributed by atoms with Crippen LogP contribution in [0.1, 0.15) is 26.3 Å². The van der Waals surface area contributed by atoms with Crippen LogP contribution in [0.2, 0.25) is 0 Å². The van der Waals surface area contributed by atoms with E-state index in [1.54, 1.807) is 36.4 Å². The molecular formula is C21H28N2O5S. The molecule has 0 fully saturated rings. The Balaban J connectivity index is 2.35. The summed E-state index contributed by atoms with van der Waals surface area (Å²) in [7, 11) is -2.30. The number of hydrogen-bond donors (Lipinski definition) is 1. The van der Waals surface area contributed by atoms with Gasteiger partial charge in [0.15, 0.2) is 0 Å². The van der Waals surface area contributed by atoms with Crippen molar-refractivity contribution in [2.45, 2.75) is 39.8 Å². The fourth-order valence-corrected chi connectivity index (χ4v) is 4.09. The van der Waals surface area contributed by atoms with Gasteiger partial charge in [-0.15, -0.1) is 0 Å². The molecule has 7 nitrogen and oxygen atoms in total. The number of nitrogens with zero attached hydrogens (tertiary/aromatic N) is 1. The Labute approximate surface area is 172 Å². The zero-order valence-corrected chi connectivity index (χ0v) is 18.4. The molecule has 0 saturated heterocycles. The molecule has 0 bridgehead atoms. The highest BCUT2D eigenvalue weighted by molar-refractivity contribution is 7.92. The first-order valence-corrected chi connectivity index (χ1v) is 11.1. The molecule has 1 amide bonds. The van der Waals surface area contributed by atoms with E-state index in [2.05, 4.69) is 5.32 Å². The molecule has 2 rings (SSSR count). The van der Waals surface area contributed by atoms with E-state index in [1.165, 1.54) is 14.0 Å². The van der Waals surface area contributed by atoms with Gasteiger partial charge in [-0.2, -0.15) is 0 Å². The number of carbonyl (C=O) groups excluding carboxylic acids is 1. The molecule has 158 valence electrons. The minimum Gasteiger partial charge on any atom is -0.495 e. The van der Waals surface area contributed by atoms with Crippen LogP contribution in [-0.4, -0.2) is 39.8 Å². The molecule has 2 aromatic carbocycles. The molecule has 0 aliphatic heterocycles. The molecule has 0 saturated carbocycles. The summed E-state index contributed by atoms with van der Waals surface area (Å²) >= 11 is 0. The fourth-order valence-electron chi connectivity index (χ4n) is 2.92. The summed E-state index contributed by atoms with van der Waals surface area (Å²) in [4.78, 5) is 12.9. The van der Waals surface area contributed by atoms with Crippen molar-refractivity contribution >= 4 is 27.3 Å². The molecular weight excluding hydrogens is 392 g/mol. The van der Waals surface area contributed by atoms with Crippen molar-refractivity contribution in [2.24, 2.45) is 0 Å². The number of carbonyl (C=O) groups is 1. The lowest BCUT2D eigenvalue weighted by molar-refractivity contribution is -0.116. The number of methoxy groups -OCH3 is 1. The summed E-state index contributed by atoms with van der Waals surface area (Å²) in [5.74, 6) is 0.513. The van der Waals surface area contributed by atoms with Gasteiger partial charge in [-0.3, -0.25) is 9.10 Å². The first kappa shape index (κ1) is 22.5. The van der Waals surface area contributed by atoms with Crippen molar-refractivity contribution in [3.05, 3.63) is 48.0 Å². The summed E-state index contributed by atoms with van der Waals surface area (Å²) in [6.45, 7) is 7.19. The van der Waals surface area contributed by atoms with Crippen LogP contribution in [0.15, 0.2) is 42.5 Å². The maximum absolute atomic E-state index is 12.9. The lowest BCUT2D eigenvalue weighted by Crippen LogP contribution is -2.45. The smallest absolute Gasteiger partial charge is 0.247 e. The molecule has 0 spiro atoms. The van der Waals surface area contributed by atoms with Crippen molar-refractivity contribution in [2.75, 3.05) is 23.0 Å². The van der Waals surface area contributed by atoms with Crippen LogP contribution in [0.4, 0.5) is 11.4 Å². The van der Waals surface area contributed by atoms with Gasteiger partial charge >= 0.3 is 0 Å². The minimum absolute atomic E-state index is 0.00520. The monoisotopic (exact) mass is 420 g/mol. The SMILES string of the molecule is COc1ccc(C)cc1N([C@@H](C)C(=O)Nc1cccc(OC(C)C)c1)S(C)(=O)=O. The van der Waals surface area contributed by atoms with Crippen molar-refractivity contribution in [3.63, 3.8) is 0 Å². The number of nitrogens with one attached hydrogen (secondary N) is 1. The molecule has 29 heavy (non-hydrogen) atoms. The highest BCUT2D eigenvalue weighted by atomic mass is 32.2. The zero-order chi connectivity index (χ0) is 21.8. The van der Waals surface area contributed by atoms with Crippen LogP contribution in [0.25, 0.3) is 0 Å². The van der Waals surface area contributed by atoms with Gasteiger partial charge in [0, 0.05) is 11.8 Å². The average Bonchev–Trinajstić information content (AvgIpc) is 2.60. The molecule has 8 heteroatoms. The van der Waals surface area contributed by atoms with Gasteiger partial charge in [0.05, 0.1) is 25.2 Å². The number of hydrogen-bond acceptors (Lipinski definition) is 5. The van der Waals surface area contributed by atoms with E-state index in [4.69, 9.17) is 9.47 Å². The lowest BCUT2D eigenvalue weighted by Gasteiger charge is -2.29. The van der Waals surface area contributed by atoms with Crippen LogP contribution >= 0.6 is 0 Å². The Morgan fingerprint density at radius 1 is 1.10 bits per heavy atom. The molecule has 0 aromatic heterocycles. The van der Waals surface area contributed by atoms with Crippen molar-refractivity contribution in [1.82, 2.24) is 0 Å². The number of rotatable bonds is 8. The van der Waals surface area contributed by atoms with E-state index in [0.717, 1.165) is 16.1 Å². The lowest BCUT2D eigenvalue weighted by atomic mass is 10.2. The molecule has 2 aromatic rings. The van der Waals surface area contributed by atoms with E-state index in [1.807, 2.05) is 26.8 Å². The third-order valence-corrected chi connectivity index (χ3v) is 5.36. The first-order chi connectivity index (χ1) is 13.5. The summed E-state index contributed by atoms with van der Waals surface area (Å²) in [6, 6.07) is 11.1. The second-order valence-corrected chi connectivity index (χ2v) is 8.95. The Morgan fingerprint density at radius 3 is 2.38 bits per heavy atom. The summed E-state index contributed by atoms with van der Waals surface area (Å²) in [5.41, 5.74) is 1.68. The van der Waals surface area contributed by atoms with Crippen LogP contribution in [0.5, 0.6) is 11.5 Å². The van der Waals surface area contributed by atoms with Gasteiger partial charge in [-0.25, -0.2) is 8.42 Å². The number of sulfonamides is 1. The molecule has 1 atom stereocenters. The second-order valence-electron chi connectivity index (χ2n) is 7.09. The van der Waals surface area contributed by atoms with Gasteiger partial charge in [-0.1, -0.05) is 12.1 Å². The number of amides is 1. The van der Waals surface area contributed by atoms with E-state index in [-0.39, 0.29) is 6.10 Å². The van der Waals surface area contributed by atoms with Gasteiger partial charge in [-0.05, 0) is 57.5 Å². The van der Waals surface area contributed by atoms with E-state index >= 15 is 0 Å². The first-order valence-electron chi connectivity index (χ1n) is 9.24. The van der Waals surface area contributed by atoms with E-state index in [0.29, 0.717) is 22.9 Å². The van der Waals surface area contributed by atoms with Crippen LogP contribution in [0.3, 0.4) is 0 Å². The topological polar surface area (TPSA) is 84.9 Å². The Bertz CT molecular complexity index is 973. The van der Waals surface area contributed by atoms with E-state index < -0.39 is 22.0 Å². The van der Waals surface area contributed by atoms with Crippen molar-refractivity contribution in [1.29, 1.82) is 0 Å².